The molecular formula is C16H20O2. The first-order chi connectivity index (χ1) is 8.62. The van der Waals surface area contributed by atoms with Crippen molar-refractivity contribution in [3.05, 3.63) is 29.3 Å². The number of Topliss-reactive ketones (excluding diaryl/α,β-unsaturated/α-hetero) is 1. The van der Waals surface area contributed by atoms with Gasteiger partial charge in [0.25, 0.3) is 0 Å². The van der Waals surface area contributed by atoms with Crippen LogP contribution in [0.15, 0.2) is 18.2 Å². The van der Waals surface area contributed by atoms with Gasteiger partial charge in [-0.05, 0) is 49.9 Å². The number of carbonyl (C=O) groups excluding carboxylic acids is 1. The molecule has 18 heavy (non-hydrogen) atoms. The maximum Gasteiger partial charge on any atom is 0.146 e. The molecule has 3 rings (SSSR count). The van der Waals surface area contributed by atoms with E-state index >= 15 is 0 Å². The Balaban J connectivity index is 1.77. The Bertz CT molecular complexity index is 484. The van der Waals surface area contributed by atoms with Crippen LogP contribution < -0.4 is 4.74 Å². The summed E-state index contributed by atoms with van der Waals surface area (Å²) in [5.74, 6) is 1.34. The molecule has 2 nitrogen and oxygen atoms in total. The van der Waals surface area contributed by atoms with Crippen LogP contribution in [0.4, 0.5) is 0 Å². The number of hydrogen-bond donors (Lipinski definition) is 0. The highest BCUT2D eigenvalue weighted by Gasteiger charge is 2.57. The second kappa shape index (κ2) is 4.11. The largest absolute Gasteiger partial charge is 0.489 e. The molecule has 0 amide bonds. The summed E-state index contributed by atoms with van der Waals surface area (Å²) in [4.78, 5) is 11.9. The summed E-state index contributed by atoms with van der Waals surface area (Å²) < 4.78 is 6.07. The van der Waals surface area contributed by atoms with Crippen LogP contribution in [0.3, 0.4) is 0 Å². The first-order valence-corrected chi connectivity index (χ1v) is 6.89. The van der Waals surface area contributed by atoms with Crippen molar-refractivity contribution in [2.24, 2.45) is 5.41 Å². The minimum Gasteiger partial charge on any atom is -0.489 e. The van der Waals surface area contributed by atoms with Crippen LogP contribution in [-0.2, 0) is 4.79 Å². The van der Waals surface area contributed by atoms with Crippen LogP contribution in [0, 0.1) is 19.3 Å². The van der Waals surface area contributed by atoms with Gasteiger partial charge in [0.15, 0.2) is 0 Å². The van der Waals surface area contributed by atoms with E-state index in [1.807, 2.05) is 6.07 Å². The van der Waals surface area contributed by atoms with Crippen molar-refractivity contribution in [3.63, 3.8) is 0 Å². The van der Waals surface area contributed by atoms with Crippen LogP contribution in [0.25, 0.3) is 0 Å². The highest BCUT2D eigenvalue weighted by atomic mass is 16.5. The molecule has 1 unspecified atom stereocenters. The molecule has 1 spiro atoms. The van der Waals surface area contributed by atoms with Crippen LogP contribution >= 0.6 is 0 Å². The normalized spacial score (nSPS) is 25.2. The highest BCUT2D eigenvalue weighted by molar-refractivity contribution is 5.92. The van der Waals surface area contributed by atoms with Gasteiger partial charge in [-0.15, -0.1) is 0 Å². The molecule has 1 aromatic carbocycles. The van der Waals surface area contributed by atoms with E-state index in [2.05, 4.69) is 26.0 Å². The SMILES string of the molecule is Cc1ccc(OC2CC(=O)C23CCCC3)cc1C. The van der Waals surface area contributed by atoms with Crippen LogP contribution in [0.5, 0.6) is 5.75 Å². The van der Waals surface area contributed by atoms with Gasteiger partial charge in [-0.2, -0.15) is 0 Å². The number of ketones is 1. The summed E-state index contributed by atoms with van der Waals surface area (Å²) in [6, 6.07) is 6.20. The highest BCUT2D eigenvalue weighted by Crippen LogP contribution is 2.51. The van der Waals surface area contributed by atoms with Gasteiger partial charge in [0.2, 0.25) is 0 Å². The van der Waals surface area contributed by atoms with E-state index in [1.54, 1.807) is 0 Å². The summed E-state index contributed by atoms with van der Waals surface area (Å²) >= 11 is 0. The lowest BCUT2D eigenvalue weighted by Gasteiger charge is -2.44. The van der Waals surface area contributed by atoms with E-state index < -0.39 is 0 Å². The van der Waals surface area contributed by atoms with Gasteiger partial charge in [-0.1, -0.05) is 18.9 Å². The van der Waals surface area contributed by atoms with Crippen LogP contribution in [-0.4, -0.2) is 11.9 Å². The number of hydrogen-bond acceptors (Lipinski definition) is 2. The van der Waals surface area contributed by atoms with E-state index in [-0.39, 0.29) is 11.5 Å². The Labute approximate surface area is 108 Å². The molecule has 2 aliphatic carbocycles. The molecule has 0 N–H and O–H groups in total. The molecule has 0 aromatic heterocycles. The Kier molecular flexibility index (Phi) is 2.69. The molecule has 0 aliphatic heterocycles. The van der Waals surface area contributed by atoms with E-state index in [0.29, 0.717) is 12.2 Å². The third kappa shape index (κ3) is 1.66. The minimum absolute atomic E-state index is 0.120. The fourth-order valence-electron chi connectivity index (χ4n) is 3.33. The van der Waals surface area contributed by atoms with Gasteiger partial charge < -0.3 is 4.74 Å². The number of benzene rings is 1. The lowest BCUT2D eigenvalue weighted by molar-refractivity contribution is -0.151. The van der Waals surface area contributed by atoms with Crippen molar-refractivity contribution in [1.29, 1.82) is 0 Å². The smallest absolute Gasteiger partial charge is 0.146 e. The molecule has 2 saturated carbocycles. The van der Waals surface area contributed by atoms with Gasteiger partial charge in [0.1, 0.15) is 17.6 Å². The van der Waals surface area contributed by atoms with Crippen molar-refractivity contribution < 1.29 is 9.53 Å². The third-order valence-corrected chi connectivity index (χ3v) is 4.79. The summed E-state index contributed by atoms with van der Waals surface area (Å²) in [7, 11) is 0. The Hall–Kier alpha value is -1.31. The predicted molar refractivity (Wildman–Crippen MR) is 70.9 cm³/mol. The van der Waals surface area contributed by atoms with E-state index in [0.717, 1.165) is 18.6 Å². The first kappa shape index (κ1) is 11.8. The second-order valence-electron chi connectivity index (χ2n) is 5.84. The second-order valence-corrected chi connectivity index (χ2v) is 5.84. The average Bonchev–Trinajstić information content (AvgIpc) is 2.85. The van der Waals surface area contributed by atoms with E-state index in [1.165, 1.54) is 24.0 Å². The Morgan fingerprint density at radius 3 is 2.50 bits per heavy atom. The molecule has 0 heterocycles. The van der Waals surface area contributed by atoms with Gasteiger partial charge in [0.05, 0.1) is 5.41 Å². The fourth-order valence-corrected chi connectivity index (χ4v) is 3.33. The topological polar surface area (TPSA) is 26.3 Å². The van der Waals surface area contributed by atoms with Gasteiger partial charge >= 0.3 is 0 Å². The van der Waals surface area contributed by atoms with Crippen LogP contribution in [0.1, 0.15) is 43.2 Å². The summed E-state index contributed by atoms with van der Waals surface area (Å²) in [5.41, 5.74) is 2.40. The van der Waals surface area contributed by atoms with Crippen molar-refractivity contribution in [1.82, 2.24) is 0 Å². The zero-order valence-electron chi connectivity index (χ0n) is 11.2. The standard InChI is InChI=1S/C16H20O2/c1-11-5-6-13(9-12(11)2)18-15-10-14(17)16(15)7-3-4-8-16/h5-6,9,15H,3-4,7-8,10H2,1-2H3. The Morgan fingerprint density at radius 1 is 1.17 bits per heavy atom. The molecule has 1 atom stereocenters. The van der Waals surface area contributed by atoms with E-state index in [9.17, 15) is 4.79 Å². The molecule has 0 radical (unpaired) electrons. The molecule has 1 aromatic rings. The third-order valence-electron chi connectivity index (χ3n) is 4.79. The Morgan fingerprint density at radius 2 is 1.89 bits per heavy atom. The molecular weight excluding hydrogens is 224 g/mol. The molecule has 0 bridgehead atoms. The fraction of sp³-hybridized carbons (Fsp3) is 0.562. The summed E-state index contributed by atoms with van der Waals surface area (Å²) in [5, 5.41) is 0. The zero-order valence-corrected chi connectivity index (χ0v) is 11.2. The van der Waals surface area contributed by atoms with Gasteiger partial charge in [-0.25, -0.2) is 0 Å². The molecule has 96 valence electrons. The number of rotatable bonds is 2. The summed E-state index contributed by atoms with van der Waals surface area (Å²) in [6.45, 7) is 4.20. The van der Waals surface area contributed by atoms with Crippen molar-refractivity contribution in [2.75, 3.05) is 0 Å². The lowest BCUT2D eigenvalue weighted by Crippen LogP contribution is -2.55. The molecule has 2 heteroatoms. The minimum atomic E-state index is -0.126. The number of carbonyl (C=O) groups is 1. The number of ether oxygens (including phenoxy) is 1. The summed E-state index contributed by atoms with van der Waals surface area (Å²) in [6.07, 6.45) is 5.14. The maximum absolute atomic E-state index is 11.9. The molecule has 2 aliphatic rings. The molecule has 2 fully saturated rings. The first-order valence-electron chi connectivity index (χ1n) is 6.89. The van der Waals surface area contributed by atoms with Crippen molar-refractivity contribution >= 4 is 5.78 Å². The van der Waals surface area contributed by atoms with Crippen LogP contribution in [0.2, 0.25) is 0 Å². The van der Waals surface area contributed by atoms with Crippen molar-refractivity contribution in [2.45, 2.75) is 52.1 Å². The quantitative estimate of drug-likeness (QED) is 0.794. The predicted octanol–water partition coefficient (Wildman–Crippen LogP) is 3.58. The average molecular weight is 244 g/mol. The monoisotopic (exact) mass is 244 g/mol. The zero-order chi connectivity index (χ0) is 12.8. The van der Waals surface area contributed by atoms with Gasteiger partial charge in [-0.3, -0.25) is 4.79 Å². The maximum atomic E-state index is 11.9. The lowest BCUT2D eigenvalue weighted by atomic mass is 9.63. The van der Waals surface area contributed by atoms with Crippen molar-refractivity contribution in [3.8, 4) is 5.75 Å². The van der Waals surface area contributed by atoms with E-state index in [4.69, 9.17) is 4.74 Å². The number of aryl methyl sites for hydroxylation is 2. The van der Waals surface area contributed by atoms with Gasteiger partial charge in [0, 0.05) is 6.42 Å². The molecule has 0 saturated heterocycles.